The average molecular weight is 757 g/mol. The standard InChI is InChI=1S/C40H60N4O10/c1-24(45)52-31-23-40(51)28-16-15-25-22-26(17-19-38(25,2)27(28)18-20-39(40,3)35(31)30-11-8-14-34(48)54-30)53-33(47)13-7-5-4-6-12-32(46)44-29(36(49)50)10-9-21-43-37(41)42/h8,11,14,25-29,31,35,51H,4-7,9-10,12-13,15-23H2,1-3H3,(H,44,46)(H,49,50)(H4,41,42,43)/t25-,26-,27+,28-,29-,31+,35+,38-,39-,40+/m1/s1. The number of carboxylic acid groups (broad SMARTS) is 1. The number of nitrogens with zero attached hydrogens (tertiary/aromatic N) is 1. The third kappa shape index (κ3) is 8.95. The molecule has 10 atom stereocenters. The van der Waals surface area contributed by atoms with Gasteiger partial charge < -0.3 is 40.9 Å². The molecule has 5 rings (SSSR count). The largest absolute Gasteiger partial charge is 0.480 e. The number of hydrogen-bond donors (Lipinski definition) is 5. The van der Waals surface area contributed by atoms with Crippen molar-refractivity contribution in [1.29, 1.82) is 0 Å². The van der Waals surface area contributed by atoms with Crippen LogP contribution in [0.4, 0.5) is 0 Å². The maximum Gasteiger partial charge on any atom is 0.335 e. The second kappa shape index (κ2) is 17.2. The SMILES string of the molecule is CC(=O)O[C@H]1C[C@]2(O)[C@@H]3CC[C@@H]4C[C@H](OC(=O)CCCCCCC(=O)N[C@H](CCCN=C(N)N)C(=O)O)CC[C@@]4(C)[C@H]3CC[C@]2(C)[C@H]1c1cccc(=O)o1. The Labute approximate surface area is 317 Å². The minimum absolute atomic E-state index is 0.00161. The quantitative estimate of drug-likeness (QED) is 0.0688. The number of fused-ring (bicyclic) bond motifs is 5. The van der Waals surface area contributed by atoms with E-state index in [-0.39, 0.29) is 54.0 Å². The summed E-state index contributed by atoms with van der Waals surface area (Å²) in [5.74, 6) is -1.46. The summed E-state index contributed by atoms with van der Waals surface area (Å²) in [5, 5.41) is 24.7. The summed E-state index contributed by atoms with van der Waals surface area (Å²) in [7, 11) is 0. The molecule has 1 amide bonds. The van der Waals surface area contributed by atoms with Gasteiger partial charge in [0, 0.05) is 44.2 Å². The number of carbonyl (C=O) groups is 4. The van der Waals surface area contributed by atoms with Crippen LogP contribution in [0.25, 0.3) is 0 Å². The molecule has 4 aliphatic rings. The lowest BCUT2D eigenvalue weighted by molar-refractivity contribution is -0.208. The third-order valence-electron chi connectivity index (χ3n) is 13.5. The first kappa shape index (κ1) is 41.2. The van der Waals surface area contributed by atoms with Crippen molar-refractivity contribution in [3.05, 3.63) is 34.4 Å². The number of hydrogen-bond acceptors (Lipinski definition) is 10. The first-order valence-electron chi connectivity index (χ1n) is 19.8. The van der Waals surface area contributed by atoms with Gasteiger partial charge in [-0.1, -0.05) is 32.8 Å². The molecule has 0 saturated heterocycles. The number of nitrogens with one attached hydrogen (secondary N) is 1. The molecule has 4 saturated carbocycles. The van der Waals surface area contributed by atoms with E-state index in [1.165, 1.54) is 13.0 Å². The fourth-order valence-electron chi connectivity index (χ4n) is 10.9. The molecule has 0 radical (unpaired) electrons. The second-order valence-electron chi connectivity index (χ2n) is 16.8. The molecule has 0 aliphatic heterocycles. The molecular weight excluding hydrogens is 696 g/mol. The number of amides is 1. The van der Waals surface area contributed by atoms with Crippen molar-refractivity contribution in [2.75, 3.05) is 6.54 Å². The Morgan fingerprint density at radius 1 is 0.981 bits per heavy atom. The number of ether oxygens (including phenoxy) is 2. The van der Waals surface area contributed by atoms with Crippen molar-refractivity contribution < 1.29 is 43.3 Å². The van der Waals surface area contributed by atoms with Crippen LogP contribution in [0, 0.1) is 28.6 Å². The smallest absolute Gasteiger partial charge is 0.335 e. The van der Waals surface area contributed by atoms with Crippen molar-refractivity contribution in [2.24, 2.45) is 45.0 Å². The summed E-state index contributed by atoms with van der Waals surface area (Å²) in [6, 6.07) is 3.78. The van der Waals surface area contributed by atoms with Crippen LogP contribution >= 0.6 is 0 Å². The van der Waals surface area contributed by atoms with E-state index >= 15 is 0 Å². The van der Waals surface area contributed by atoms with Gasteiger partial charge in [0.05, 0.1) is 11.5 Å². The lowest BCUT2D eigenvalue weighted by atomic mass is 9.43. The van der Waals surface area contributed by atoms with E-state index in [4.69, 9.17) is 25.4 Å². The molecule has 54 heavy (non-hydrogen) atoms. The number of carboxylic acids is 1. The van der Waals surface area contributed by atoms with Gasteiger partial charge in [-0.3, -0.25) is 19.4 Å². The van der Waals surface area contributed by atoms with E-state index < -0.39 is 46.6 Å². The summed E-state index contributed by atoms with van der Waals surface area (Å²) in [4.78, 5) is 65.0. The molecule has 14 heteroatoms. The highest BCUT2D eigenvalue weighted by molar-refractivity contribution is 5.83. The first-order chi connectivity index (χ1) is 25.6. The fraction of sp³-hybridized carbons (Fsp3) is 0.750. The second-order valence-corrected chi connectivity index (χ2v) is 16.8. The normalized spacial score (nSPS) is 33.3. The van der Waals surface area contributed by atoms with Crippen LogP contribution in [0.3, 0.4) is 0 Å². The number of aliphatic hydroxyl groups is 1. The van der Waals surface area contributed by atoms with Crippen LogP contribution in [-0.4, -0.2) is 70.4 Å². The Bertz CT molecular complexity index is 1610. The monoisotopic (exact) mass is 756 g/mol. The fourth-order valence-corrected chi connectivity index (χ4v) is 10.9. The number of nitrogens with two attached hydrogens (primary N) is 2. The Balaban J connectivity index is 1.07. The number of esters is 2. The van der Waals surface area contributed by atoms with Gasteiger partial charge in [0.15, 0.2) is 5.96 Å². The molecule has 1 aromatic heterocycles. The van der Waals surface area contributed by atoms with Crippen LogP contribution in [0.1, 0.15) is 135 Å². The molecule has 4 aliphatic carbocycles. The van der Waals surface area contributed by atoms with E-state index in [1.807, 2.05) is 0 Å². The summed E-state index contributed by atoms with van der Waals surface area (Å²) < 4.78 is 17.5. The summed E-state index contributed by atoms with van der Waals surface area (Å²) in [6.07, 6.45) is 9.30. The van der Waals surface area contributed by atoms with Gasteiger partial charge in [-0.15, -0.1) is 0 Å². The van der Waals surface area contributed by atoms with Gasteiger partial charge in [0.25, 0.3) is 0 Å². The molecule has 300 valence electrons. The lowest BCUT2D eigenvalue weighted by Gasteiger charge is -2.63. The Kier molecular flexibility index (Phi) is 13.2. The van der Waals surface area contributed by atoms with Gasteiger partial charge in [0.1, 0.15) is 24.0 Å². The summed E-state index contributed by atoms with van der Waals surface area (Å²) in [6.45, 7) is 6.09. The van der Waals surface area contributed by atoms with Gasteiger partial charge in [0.2, 0.25) is 5.91 Å². The highest BCUT2D eigenvalue weighted by atomic mass is 16.5. The lowest BCUT2D eigenvalue weighted by Crippen LogP contribution is -2.62. The molecular formula is C40H60N4O10. The Morgan fingerprint density at radius 2 is 1.72 bits per heavy atom. The zero-order valence-corrected chi connectivity index (χ0v) is 32.1. The van der Waals surface area contributed by atoms with Crippen molar-refractivity contribution in [3.63, 3.8) is 0 Å². The Morgan fingerprint density at radius 3 is 2.41 bits per heavy atom. The van der Waals surface area contributed by atoms with Gasteiger partial charge >= 0.3 is 23.5 Å². The van der Waals surface area contributed by atoms with Crippen LogP contribution in [0.5, 0.6) is 0 Å². The molecule has 7 N–H and O–H groups in total. The van der Waals surface area contributed by atoms with Crippen molar-refractivity contribution in [1.82, 2.24) is 5.32 Å². The van der Waals surface area contributed by atoms with Crippen molar-refractivity contribution in [2.45, 2.75) is 153 Å². The molecule has 0 spiro atoms. The zero-order chi connectivity index (χ0) is 39.3. The van der Waals surface area contributed by atoms with E-state index in [9.17, 15) is 34.2 Å². The molecule has 14 nitrogen and oxygen atoms in total. The topological polar surface area (TPSA) is 234 Å². The summed E-state index contributed by atoms with van der Waals surface area (Å²) in [5.41, 5.74) is 8.33. The van der Waals surface area contributed by atoms with E-state index in [2.05, 4.69) is 24.2 Å². The van der Waals surface area contributed by atoms with Gasteiger partial charge in [-0.05, 0) is 99.9 Å². The number of carbonyl (C=O) groups excluding carboxylic acids is 3. The molecule has 4 fully saturated rings. The molecule has 1 aromatic rings. The number of unbranched alkanes of at least 4 members (excludes halogenated alkanes) is 3. The minimum atomic E-state index is -1.10. The highest BCUT2D eigenvalue weighted by Gasteiger charge is 2.71. The number of guanidine groups is 1. The Hall–Kier alpha value is -3.94. The van der Waals surface area contributed by atoms with Gasteiger partial charge in [-0.25, -0.2) is 9.59 Å². The maximum absolute atomic E-state index is 12.9. The molecule has 1 heterocycles. The number of aliphatic imine (C=N–C) groups is 1. The van der Waals surface area contributed by atoms with E-state index in [0.29, 0.717) is 56.7 Å². The van der Waals surface area contributed by atoms with Crippen molar-refractivity contribution >= 4 is 29.8 Å². The average Bonchev–Trinajstić information content (AvgIpc) is 3.32. The van der Waals surface area contributed by atoms with Crippen molar-refractivity contribution in [3.8, 4) is 0 Å². The van der Waals surface area contributed by atoms with Crippen LogP contribution in [0.2, 0.25) is 0 Å². The number of rotatable bonds is 16. The zero-order valence-electron chi connectivity index (χ0n) is 32.1. The van der Waals surface area contributed by atoms with E-state index in [1.54, 1.807) is 12.1 Å². The predicted octanol–water partition coefficient (Wildman–Crippen LogP) is 4.30. The van der Waals surface area contributed by atoms with Gasteiger partial charge in [-0.2, -0.15) is 0 Å². The first-order valence-corrected chi connectivity index (χ1v) is 19.8. The maximum atomic E-state index is 12.9. The minimum Gasteiger partial charge on any atom is -0.480 e. The van der Waals surface area contributed by atoms with Crippen LogP contribution < -0.4 is 22.4 Å². The summed E-state index contributed by atoms with van der Waals surface area (Å²) >= 11 is 0. The van der Waals surface area contributed by atoms with E-state index in [0.717, 1.165) is 51.4 Å². The number of aliphatic carboxylic acids is 1. The highest BCUT2D eigenvalue weighted by Crippen LogP contribution is 2.71. The third-order valence-corrected chi connectivity index (χ3v) is 13.5. The van der Waals surface area contributed by atoms with Crippen LogP contribution in [0.15, 0.2) is 32.4 Å². The molecule has 0 bridgehead atoms. The predicted molar refractivity (Wildman–Crippen MR) is 199 cm³/mol. The van der Waals surface area contributed by atoms with Crippen LogP contribution in [-0.2, 0) is 28.7 Å². The molecule has 0 aromatic carbocycles. The molecule has 0 unspecified atom stereocenters.